The molecule has 1 aromatic carbocycles. The Morgan fingerprint density at radius 2 is 2.32 bits per heavy atom. The van der Waals surface area contributed by atoms with Gasteiger partial charge in [0, 0.05) is 4.47 Å². The minimum Gasteiger partial charge on any atom is -0.465 e. The Bertz CT molecular complexity index is 591. The number of esters is 1. The number of nitrogens with zero attached hydrogens (tertiary/aromatic N) is 2. The molecule has 4 N–H and O–H groups in total. The van der Waals surface area contributed by atoms with Crippen molar-refractivity contribution in [3.8, 4) is 6.07 Å². The third kappa shape index (κ3) is 3.79. The Labute approximate surface area is 117 Å². The summed E-state index contributed by atoms with van der Waals surface area (Å²) in [6.45, 7) is 0. The molecule has 1 rings (SSSR count). The van der Waals surface area contributed by atoms with Crippen LogP contribution in [0.15, 0.2) is 27.8 Å². The number of hydrazone groups is 1. The molecule has 7 nitrogen and oxygen atoms in total. The maximum Gasteiger partial charge on any atom is 0.337 e. The highest BCUT2D eigenvalue weighted by Gasteiger charge is 2.09. The molecule has 0 heterocycles. The molecule has 0 unspecified atom stereocenters. The zero-order valence-electron chi connectivity index (χ0n) is 9.90. The molecule has 0 saturated carbocycles. The van der Waals surface area contributed by atoms with Crippen molar-refractivity contribution in [3.05, 3.63) is 28.2 Å². The fourth-order valence-corrected chi connectivity index (χ4v) is 1.45. The van der Waals surface area contributed by atoms with Crippen LogP contribution in [0, 0.1) is 16.7 Å². The first-order chi connectivity index (χ1) is 8.99. The predicted octanol–water partition coefficient (Wildman–Crippen LogP) is 1.46. The largest absolute Gasteiger partial charge is 0.465 e. The second kappa shape index (κ2) is 6.51. The topological polar surface area (TPSA) is 124 Å². The first kappa shape index (κ1) is 14.7. The van der Waals surface area contributed by atoms with E-state index in [1.165, 1.54) is 13.2 Å². The first-order valence-electron chi connectivity index (χ1n) is 4.95. The zero-order valence-corrected chi connectivity index (χ0v) is 11.5. The number of rotatable bonds is 4. The number of benzene rings is 1. The van der Waals surface area contributed by atoms with E-state index in [0.29, 0.717) is 15.7 Å². The molecule has 0 saturated heterocycles. The molecule has 0 amide bonds. The fourth-order valence-electron chi connectivity index (χ4n) is 1.12. The van der Waals surface area contributed by atoms with Crippen molar-refractivity contribution in [2.24, 2.45) is 10.8 Å². The van der Waals surface area contributed by atoms with Crippen LogP contribution in [0.4, 0.5) is 5.69 Å². The maximum absolute atomic E-state index is 11.4. The van der Waals surface area contributed by atoms with Crippen molar-refractivity contribution in [2.45, 2.75) is 0 Å². The van der Waals surface area contributed by atoms with Crippen LogP contribution in [0.2, 0.25) is 0 Å². The van der Waals surface area contributed by atoms with Crippen LogP contribution in [-0.4, -0.2) is 24.6 Å². The van der Waals surface area contributed by atoms with Crippen molar-refractivity contribution in [3.63, 3.8) is 0 Å². The molecule has 0 aromatic heterocycles. The lowest BCUT2D eigenvalue weighted by atomic mass is 10.2. The molecular weight excluding hydrogens is 314 g/mol. The van der Waals surface area contributed by atoms with Gasteiger partial charge in [0.2, 0.25) is 5.71 Å². The van der Waals surface area contributed by atoms with Gasteiger partial charge in [0.05, 0.1) is 18.4 Å². The molecule has 0 radical (unpaired) electrons. The number of anilines is 1. The van der Waals surface area contributed by atoms with Crippen LogP contribution in [0.1, 0.15) is 10.4 Å². The van der Waals surface area contributed by atoms with E-state index in [1.807, 2.05) is 0 Å². The molecule has 98 valence electrons. The van der Waals surface area contributed by atoms with E-state index in [1.54, 1.807) is 18.2 Å². The molecule has 19 heavy (non-hydrogen) atoms. The average Bonchev–Trinajstić information content (AvgIpc) is 2.40. The Morgan fingerprint density at radius 3 is 2.84 bits per heavy atom. The van der Waals surface area contributed by atoms with Gasteiger partial charge in [0.15, 0.2) is 5.84 Å². The van der Waals surface area contributed by atoms with Crippen molar-refractivity contribution in [1.82, 2.24) is 0 Å². The number of nitriles is 1. The summed E-state index contributed by atoms with van der Waals surface area (Å²) in [4.78, 5) is 11.4. The van der Waals surface area contributed by atoms with Gasteiger partial charge in [0.1, 0.15) is 6.07 Å². The standard InChI is InChI=1S/C11H10BrN5O2/c1-19-11(18)6-2-3-7(12)8(4-6)16-17-9(5-13)10(14)15/h2-4,16H,1H3,(H3,14,15)/b17-9+. The summed E-state index contributed by atoms with van der Waals surface area (Å²) < 4.78 is 5.22. The van der Waals surface area contributed by atoms with E-state index >= 15 is 0 Å². The van der Waals surface area contributed by atoms with E-state index in [2.05, 4.69) is 31.2 Å². The predicted molar refractivity (Wildman–Crippen MR) is 74.1 cm³/mol. The summed E-state index contributed by atoms with van der Waals surface area (Å²) in [7, 11) is 1.28. The van der Waals surface area contributed by atoms with Crippen molar-refractivity contribution >= 4 is 39.1 Å². The fraction of sp³-hybridized carbons (Fsp3) is 0.0909. The number of methoxy groups -OCH3 is 1. The summed E-state index contributed by atoms with van der Waals surface area (Å²) in [5.74, 6) is -0.943. The van der Waals surface area contributed by atoms with Crippen LogP contribution in [0.25, 0.3) is 0 Å². The van der Waals surface area contributed by atoms with Gasteiger partial charge in [0.25, 0.3) is 0 Å². The van der Waals surface area contributed by atoms with Gasteiger partial charge in [-0.1, -0.05) is 0 Å². The number of ether oxygens (including phenoxy) is 1. The third-order valence-electron chi connectivity index (χ3n) is 2.04. The molecule has 0 aliphatic carbocycles. The first-order valence-corrected chi connectivity index (χ1v) is 5.75. The quantitative estimate of drug-likeness (QED) is 0.335. The van der Waals surface area contributed by atoms with Gasteiger partial charge >= 0.3 is 5.97 Å². The highest BCUT2D eigenvalue weighted by molar-refractivity contribution is 9.10. The van der Waals surface area contributed by atoms with Crippen molar-refractivity contribution in [2.75, 3.05) is 12.5 Å². The highest BCUT2D eigenvalue weighted by atomic mass is 79.9. The van der Waals surface area contributed by atoms with Crippen molar-refractivity contribution < 1.29 is 9.53 Å². The molecule has 0 aliphatic heterocycles. The Morgan fingerprint density at radius 1 is 1.63 bits per heavy atom. The normalized spacial score (nSPS) is 10.5. The molecule has 0 bridgehead atoms. The summed E-state index contributed by atoms with van der Waals surface area (Å²) in [6, 6.07) is 6.36. The maximum atomic E-state index is 11.4. The number of halogens is 1. The number of hydrogen-bond acceptors (Lipinski definition) is 6. The van der Waals surface area contributed by atoms with E-state index < -0.39 is 11.8 Å². The van der Waals surface area contributed by atoms with Gasteiger partial charge in [-0.05, 0) is 34.1 Å². The SMILES string of the molecule is COC(=O)c1ccc(Br)c(N/N=C(\C#N)C(=N)N)c1. The van der Waals surface area contributed by atoms with Gasteiger partial charge in [-0.2, -0.15) is 10.4 Å². The summed E-state index contributed by atoms with van der Waals surface area (Å²) >= 11 is 3.26. The summed E-state index contributed by atoms with van der Waals surface area (Å²) in [6.07, 6.45) is 0. The monoisotopic (exact) mass is 323 g/mol. The molecule has 0 aliphatic rings. The van der Waals surface area contributed by atoms with Gasteiger partial charge in [-0.25, -0.2) is 4.79 Å². The molecule has 0 atom stereocenters. The minimum absolute atomic E-state index is 0.254. The second-order valence-electron chi connectivity index (χ2n) is 3.28. The Kier molecular flexibility index (Phi) is 5.02. The summed E-state index contributed by atoms with van der Waals surface area (Å²) in [5, 5.41) is 19.5. The molecular formula is C11H10BrN5O2. The van der Waals surface area contributed by atoms with Crippen LogP contribution in [-0.2, 0) is 4.74 Å². The number of carbonyl (C=O) groups is 1. The molecule has 0 fully saturated rings. The molecule has 0 spiro atoms. The van der Waals surface area contributed by atoms with Crippen LogP contribution >= 0.6 is 15.9 Å². The zero-order chi connectivity index (χ0) is 14.4. The minimum atomic E-state index is -0.494. The third-order valence-corrected chi connectivity index (χ3v) is 2.73. The summed E-state index contributed by atoms with van der Waals surface area (Å²) in [5.41, 5.74) is 8.22. The highest BCUT2D eigenvalue weighted by Crippen LogP contribution is 2.24. The molecule has 8 heteroatoms. The number of amidine groups is 1. The van der Waals surface area contributed by atoms with Gasteiger partial charge in [-0.3, -0.25) is 10.8 Å². The number of nitrogens with one attached hydrogen (secondary N) is 2. The molecule has 1 aromatic rings. The Hall–Kier alpha value is -2.40. The second-order valence-corrected chi connectivity index (χ2v) is 4.14. The van der Waals surface area contributed by atoms with Gasteiger partial charge < -0.3 is 10.5 Å². The number of carbonyl (C=O) groups excluding carboxylic acids is 1. The van der Waals surface area contributed by atoms with Crippen LogP contribution < -0.4 is 11.2 Å². The number of hydrogen-bond donors (Lipinski definition) is 3. The van der Waals surface area contributed by atoms with Gasteiger partial charge in [-0.15, -0.1) is 0 Å². The Balaban J connectivity index is 3.05. The van der Waals surface area contributed by atoms with E-state index in [-0.39, 0.29) is 5.71 Å². The smallest absolute Gasteiger partial charge is 0.337 e. The number of nitrogens with two attached hydrogens (primary N) is 1. The van der Waals surface area contributed by atoms with E-state index in [9.17, 15) is 4.79 Å². The lowest BCUT2D eigenvalue weighted by molar-refractivity contribution is 0.0601. The lowest BCUT2D eigenvalue weighted by Gasteiger charge is -2.06. The van der Waals surface area contributed by atoms with Crippen LogP contribution in [0.3, 0.4) is 0 Å². The van der Waals surface area contributed by atoms with E-state index in [0.717, 1.165) is 0 Å². The lowest BCUT2D eigenvalue weighted by Crippen LogP contribution is -2.21. The van der Waals surface area contributed by atoms with Crippen molar-refractivity contribution in [1.29, 1.82) is 10.7 Å². The van der Waals surface area contributed by atoms with Crippen LogP contribution in [0.5, 0.6) is 0 Å². The van der Waals surface area contributed by atoms with E-state index in [4.69, 9.17) is 16.4 Å². The average molecular weight is 324 g/mol.